The maximum atomic E-state index is 11.9. The zero-order chi connectivity index (χ0) is 12.4. The van der Waals surface area contributed by atoms with Crippen molar-refractivity contribution < 1.29 is 4.79 Å². The Balaban J connectivity index is 1.50. The standard InChI is InChI=1S/C14H19N3O/c18-14(16-12-6-7-12)17-9-8-13(10-17)15-11-4-2-1-3-5-11/h1-5,12-13,15H,6-10H2,(H,16,18). The van der Waals surface area contributed by atoms with Crippen LogP contribution in [0.15, 0.2) is 30.3 Å². The minimum absolute atomic E-state index is 0.106. The van der Waals surface area contributed by atoms with Crippen molar-refractivity contribution in [1.29, 1.82) is 0 Å². The van der Waals surface area contributed by atoms with E-state index in [2.05, 4.69) is 22.8 Å². The first kappa shape index (κ1) is 11.4. The number of nitrogens with zero attached hydrogens (tertiary/aromatic N) is 1. The fraction of sp³-hybridized carbons (Fsp3) is 0.500. The van der Waals surface area contributed by atoms with Crippen molar-refractivity contribution >= 4 is 11.7 Å². The maximum absolute atomic E-state index is 11.9. The second kappa shape index (κ2) is 4.88. The van der Waals surface area contributed by atoms with Crippen molar-refractivity contribution in [3.05, 3.63) is 30.3 Å². The minimum Gasteiger partial charge on any atom is -0.380 e. The maximum Gasteiger partial charge on any atom is 0.317 e. The van der Waals surface area contributed by atoms with Gasteiger partial charge in [0.1, 0.15) is 0 Å². The Morgan fingerprint density at radius 1 is 1.11 bits per heavy atom. The molecule has 1 atom stereocenters. The molecule has 96 valence electrons. The highest BCUT2D eigenvalue weighted by molar-refractivity contribution is 5.75. The molecule has 0 spiro atoms. The van der Waals surface area contributed by atoms with Crippen LogP contribution >= 0.6 is 0 Å². The van der Waals surface area contributed by atoms with Crippen LogP contribution < -0.4 is 10.6 Å². The summed E-state index contributed by atoms with van der Waals surface area (Å²) in [5, 5.41) is 6.51. The monoisotopic (exact) mass is 245 g/mol. The van der Waals surface area contributed by atoms with E-state index in [1.807, 2.05) is 23.1 Å². The van der Waals surface area contributed by atoms with Gasteiger partial charge >= 0.3 is 6.03 Å². The summed E-state index contributed by atoms with van der Waals surface area (Å²) in [6, 6.07) is 11.1. The van der Waals surface area contributed by atoms with Crippen molar-refractivity contribution in [2.75, 3.05) is 18.4 Å². The second-order valence-electron chi connectivity index (χ2n) is 5.17. The highest BCUT2D eigenvalue weighted by Crippen LogP contribution is 2.20. The Kier molecular flexibility index (Phi) is 3.09. The Bertz CT molecular complexity index is 416. The lowest BCUT2D eigenvalue weighted by molar-refractivity contribution is 0.208. The Labute approximate surface area is 107 Å². The normalized spacial score (nSPS) is 22.9. The van der Waals surface area contributed by atoms with E-state index in [-0.39, 0.29) is 6.03 Å². The molecule has 4 nitrogen and oxygen atoms in total. The van der Waals surface area contributed by atoms with Gasteiger partial charge in [0.15, 0.2) is 0 Å². The largest absolute Gasteiger partial charge is 0.380 e. The summed E-state index contributed by atoms with van der Waals surface area (Å²) in [5.74, 6) is 0. The molecular weight excluding hydrogens is 226 g/mol. The van der Waals surface area contributed by atoms with E-state index >= 15 is 0 Å². The van der Waals surface area contributed by atoms with Crippen molar-refractivity contribution in [3.63, 3.8) is 0 Å². The summed E-state index contributed by atoms with van der Waals surface area (Å²) < 4.78 is 0. The summed E-state index contributed by atoms with van der Waals surface area (Å²) >= 11 is 0. The molecular formula is C14H19N3O. The van der Waals surface area contributed by atoms with Crippen LogP contribution in [0.25, 0.3) is 0 Å². The average molecular weight is 245 g/mol. The Morgan fingerprint density at radius 2 is 1.89 bits per heavy atom. The van der Waals surface area contributed by atoms with Gasteiger partial charge in [-0.2, -0.15) is 0 Å². The molecule has 1 unspecified atom stereocenters. The zero-order valence-electron chi connectivity index (χ0n) is 10.4. The number of likely N-dealkylation sites (tertiary alicyclic amines) is 1. The first-order valence-corrected chi connectivity index (χ1v) is 6.68. The number of anilines is 1. The van der Waals surface area contributed by atoms with Gasteiger partial charge in [0.25, 0.3) is 0 Å². The fourth-order valence-electron chi connectivity index (χ4n) is 2.33. The van der Waals surface area contributed by atoms with Gasteiger partial charge in [-0.15, -0.1) is 0 Å². The lowest BCUT2D eigenvalue weighted by Crippen LogP contribution is -2.40. The zero-order valence-corrected chi connectivity index (χ0v) is 10.4. The molecule has 1 heterocycles. The van der Waals surface area contributed by atoms with Crippen LogP contribution in [0.2, 0.25) is 0 Å². The lowest BCUT2D eigenvalue weighted by atomic mass is 10.2. The molecule has 4 heteroatoms. The molecule has 18 heavy (non-hydrogen) atoms. The quantitative estimate of drug-likeness (QED) is 0.856. The van der Waals surface area contributed by atoms with E-state index in [1.165, 1.54) is 0 Å². The van der Waals surface area contributed by atoms with E-state index < -0.39 is 0 Å². The van der Waals surface area contributed by atoms with Gasteiger partial charge in [-0.05, 0) is 31.4 Å². The van der Waals surface area contributed by atoms with Crippen LogP contribution in [0.4, 0.5) is 10.5 Å². The van der Waals surface area contributed by atoms with E-state index in [9.17, 15) is 4.79 Å². The number of hydrogen-bond donors (Lipinski definition) is 2. The fourth-order valence-corrected chi connectivity index (χ4v) is 2.33. The third kappa shape index (κ3) is 2.75. The number of para-hydroxylation sites is 1. The van der Waals surface area contributed by atoms with Crippen LogP contribution in [-0.4, -0.2) is 36.1 Å². The van der Waals surface area contributed by atoms with Gasteiger partial charge in [0.05, 0.1) is 0 Å². The first-order chi connectivity index (χ1) is 8.81. The molecule has 1 saturated heterocycles. The highest BCUT2D eigenvalue weighted by Gasteiger charge is 2.30. The molecule has 2 aliphatic rings. The summed E-state index contributed by atoms with van der Waals surface area (Å²) in [6.45, 7) is 1.65. The van der Waals surface area contributed by atoms with Gasteiger partial charge in [-0.1, -0.05) is 18.2 Å². The average Bonchev–Trinajstić information content (AvgIpc) is 3.07. The van der Waals surface area contributed by atoms with Crippen molar-refractivity contribution in [2.45, 2.75) is 31.3 Å². The van der Waals surface area contributed by atoms with Crippen LogP contribution in [0, 0.1) is 0 Å². The van der Waals surface area contributed by atoms with E-state index in [4.69, 9.17) is 0 Å². The number of urea groups is 1. The number of hydrogen-bond acceptors (Lipinski definition) is 2. The van der Waals surface area contributed by atoms with Crippen LogP contribution in [-0.2, 0) is 0 Å². The van der Waals surface area contributed by atoms with Gasteiger partial charge in [0.2, 0.25) is 0 Å². The number of carbonyl (C=O) groups excluding carboxylic acids is 1. The third-order valence-electron chi connectivity index (χ3n) is 3.52. The van der Waals surface area contributed by atoms with Crippen LogP contribution in [0.5, 0.6) is 0 Å². The number of benzene rings is 1. The molecule has 1 aliphatic heterocycles. The molecule has 0 radical (unpaired) electrons. The summed E-state index contributed by atoms with van der Waals surface area (Å²) in [7, 11) is 0. The molecule has 2 fully saturated rings. The highest BCUT2D eigenvalue weighted by atomic mass is 16.2. The molecule has 2 amide bonds. The molecule has 0 aromatic heterocycles. The van der Waals surface area contributed by atoms with Crippen molar-refractivity contribution in [1.82, 2.24) is 10.2 Å². The third-order valence-corrected chi connectivity index (χ3v) is 3.52. The number of amides is 2. The van der Waals surface area contributed by atoms with Gasteiger partial charge in [-0.25, -0.2) is 4.79 Å². The molecule has 1 saturated carbocycles. The van der Waals surface area contributed by atoms with E-state index in [0.717, 1.165) is 38.0 Å². The van der Waals surface area contributed by atoms with Crippen molar-refractivity contribution in [2.24, 2.45) is 0 Å². The summed E-state index contributed by atoms with van der Waals surface area (Å²) in [6.07, 6.45) is 3.31. The Morgan fingerprint density at radius 3 is 2.61 bits per heavy atom. The molecule has 0 bridgehead atoms. The lowest BCUT2D eigenvalue weighted by Gasteiger charge is -2.18. The minimum atomic E-state index is 0.106. The number of rotatable bonds is 3. The molecule has 1 aromatic rings. The topological polar surface area (TPSA) is 44.4 Å². The van der Waals surface area contributed by atoms with E-state index in [0.29, 0.717) is 12.1 Å². The summed E-state index contributed by atoms with van der Waals surface area (Å²) in [4.78, 5) is 13.8. The smallest absolute Gasteiger partial charge is 0.317 e. The predicted octanol–water partition coefficient (Wildman–Crippen LogP) is 2.04. The van der Waals surface area contributed by atoms with E-state index in [1.54, 1.807) is 0 Å². The van der Waals surface area contributed by atoms with Crippen LogP contribution in [0.3, 0.4) is 0 Å². The molecule has 1 aliphatic carbocycles. The number of nitrogens with one attached hydrogen (secondary N) is 2. The van der Waals surface area contributed by atoms with Crippen molar-refractivity contribution in [3.8, 4) is 0 Å². The summed E-state index contributed by atoms with van der Waals surface area (Å²) in [5.41, 5.74) is 1.13. The molecule has 2 N–H and O–H groups in total. The van der Waals surface area contributed by atoms with Crippen LogP contribution in [0.1, 0.15) is 19.3 Å². The number of carbonyl (C=O) groups is 1. The predicted molar refractivity (Wildman–Crippen MR) is 71.6 cm³/mol. The first-order valence-electron chi connectivity index (χ1n) is 6.68. The molecule has 3 rings (SSSR count). The van der Waals surface area contributed by atoms with Gasteiger partial charge < -0.3 is 15.5 Å². The van der Waals surface area contributed by atoms with Gasteiger partial charge in [-0.3, -0.25) is 0 Å². The SMILES string of the molecule is O=C(NC1CC1)N1CCC(Nc2ccccc2)C1. The van der Waals surface area contributed by atoms with Gasteiger partial charge in [0, 0.05) is 30.9 Å². The second-order valence-corrected chi connectivity index (χ2v) is 5.17. The Hall–Kier alpha value is -1.71. The molecule has 1 aromatic carbocycles.